The number of hydrogen-bond acceptors (Lipinski definition) is 20. The zero-order chi connectivity index (χ0) is 58.2. The molecule has 0 aromatic heterocycles. The van der Waals surface area contributed by atoms with Crippen LogP contribution in [0.1, 0.15) is 107 Å². The largest absolute Gasteiger partial charge is 0.459 e. The lowest BCUT2D eigenvalue weighted by molar-refractivity contribution is -0.160. The van der Waals surface area contributed by atoms with Crippen LogP contribution in [-0.4, -0.2) is 242 Å². The summed E-state index contributed by atoms with van der Waals surface area (Å²) in [4.78, 5) is 74.8. The minimum Gasteiger partial charge on any atom is -0.459 e. The Labute approximate surface area is 467 Å². The van der Waals surface area contributed by atoms with Crippen molar-refractivity contribution in [3.63, 3.8) is 0 Å². The van der Waals surface area contributed by atoms with E-state index < -0.39 is 40.4 Å². The van der Waals surface area contributed by atoms with E-state index in [0.717, 1.165) is 11.1 Å². The molecule has 2 unspecified atom stereocenters. The number of hydrogen-bond donors (Lipinski definition) is 2. The van der Waals surface area contributed by atoms with E-state index in [1.807, 2.05) is 97.8 Å². The van der Waals surface area contributed by atoms with E-state index in [0.29, 0.717) is 151 Å². The first-order chi connectivity index (χ1) is 36.6. The molecule has 0 bridgehead atoms. The van der Waals surface area contributed by atoms with Gasteiger partial charge in [0.2, 0.25) is 5.91 Å². The summed E-state index contributed by atoms with van der Waals surface area (Å²) in [6, 6.07) is 7.28. The van der Waals surface area contributed by atoms with E-state index in [1.165, 1.54) is 0 Å². The maximum absolute atomic E-state index is 13.7. The molecule has 2 atom stereocenters. The summed E-state index contributed by atoms with van der Waals surface area (Å²) in [5, 5.41) is 2.86. The first-order valence-corrected chi connectivity index (χ1v) is 27.9. The molecule has 78 heavy (non-hydrogen) atoms. The van der Waals surface area contributed by atoms with Gasteiger partial charge in [-0.2, -0.15) is 0 Å². The molecule has 21 nitrogen and oxygen atoms in total. The van der Waals surface area contributed by atoms with Crippen LogP contribution in [0.5, 0.6) is 0 Å². The summed E-state index contributed by atoms with van der Waals surface area (Å²) in [5.74, 6) is -1.79. The highest BCUT2D eigenvalue weighted by atomic mass is 16.6. The molecule has 1 aliphatic rings. The molecule has 0 radical (unpaired) electrons. The molecule has 450 valence electrons. The van der Waals surface area contributed by atoms with Gasteiger partial charge >= 0.3 is 23.9 Å². The van der Waals surface area contributed by atoms with Crippen LogP contribution in [0.3, 0.4) is 0 Å². The van der Waals surface area contributed by atoms with Gasteiger partial charge in [0.05, 0.1) is 105 Å². The molecule has 0 spiro atoms. The van der Waals surface area contributed by atoms with E-state index in [9.17, 15) is 24.0 Å². The molecule has 0 saturated carbocycles. The molecule has 1 aromatic rings. The predicted molar refractivity (Wildman–Crippen MR) is 298 cm³/mol. The monoisotopic (exact) mass is 1110 g/mol. The van der Waals surface area contributed by atoms with Gasteiger partial charge in [0.25, 0.3) is 0 Å². The molecule has 1 fully saturated rings. The minimum absolute atomic E-state index is 0.0000640. The molecule has 1 saturated heterocycles. The average molecular weight is 1110 g/mol. The van der Waals surface area contributed by atoms with Gasteiger partial charge in [-0.15, -0.1) is 0 Å². The molecule has 1 amide bonds. The summed E-state index contributed by atoms with van der Waals surface area (Å²) in [5.41, 5.74) is 5.55. The van der Waals surface area contributed by atoms with Crippen molar-refractivity contribution in [2.24, 2.45) is 5.73 Å². The number of nitrogens with zero attached hydrogens (tertiary/aromatic N) is 4. The second kappa shape index (κ2) is 37.2. The molecule has 0 aliphatic carbocycles. The smallest absolute Gasteiger partial charge is 0.320 e. The van der Waals surface area contributed by atoms with Crippen LogP contribution >= 0.6 is 0 Å². The first-order valence-electron chi connectivity index (χ1n) is 27.9. The van der Waals surface area contributed by atoms with Crippen LogP contribution in [0.25, 0.3) is 0 Å². The third-order valence-corrected chi connectivity index (χ3v) is 11.5. The second-order valence-corrected chi connectivity index (χ2v) is 23.6. The topological polar surface area (TPSA) is 229 Å². The SMILES string of the molecule is COCCOCCOCCOCCOCCOCCNC(=O)C(N)CCCc1ccc(CC2CN(CC(=O)OC(C)(C)C)CCN(CC(=O)OC(C)(C)C)CCN(CC(=O)OC(C)(C)C)CCN2CC(=O)OC(C)(C)C)cc1. The molecular formula is C57H102N6O15. The zero-order valence-electron chi connectivity index (χ0n) is 50.0. The lowest BCUT2D eigenvalue weighted by Gasteiger charge is -2.39. The number of methoxy groups -OCH3 is 1. The van der Waals surface area contributed by atoms with Crippen LogP contribution in [0.2, 0.25) is 0 Å². The predicted octanol–water partition coefficient (Wildman–Crippen LogP) is 3.68. The Morgan fingerprint density at radius 1 is 0.513 bits per heavy atom. The molecule has 1 heterocycles. The Hall–Kier alpha value is -3.87. The standard InChI is InChI=1S/C57H102N6O15/c1-54(2,3)75-49(64)41-60-22-23-61(42-50(65)76-55(4,5)6)26-27-63(44-52(67)78-57(10,11)12)47(40-62(25-24-60)43-51(66)77-56(7,8)9)39-46-19-17-45(18-20-46)15-14-16-48(58)53(68)59-21-28-70-31-32-72-35-36-74-38-37-73-34-33-71-30-29-69-13/h17-20,47-48H,14-16,21-44,58H2,1-13H3,(H,59,68). The third-order valence-electron chi connectivity index (χ3n) is 11.5. The number of amides is 1. The molecule has 21 heteroatoms. The van der Waals surface area contributed by atoms with Crippen molar-refractivity contribution in [3.8, 4) is 0 Å². The minimum atomic E-state index is -0.729. The molecule has 1 aromatic carbocycles. The van der Waals surface area contributed by atoms with Crippen LogP contribution in [0, 0.1) is 0 Å². The molecule has 1 aliphatic heterocycles. The summed E-state index contributed by atoms with van der Waals surface area (Å²) in [6.07, 6.45) is 2.40. The van der Waals surface area contributed by atoms with Crippen LogP contribution in [0.4, 0.5) is 0 Å². The Kier molecular flexibility index (Phi) is 33.5. The van der Waals surface area contributed by atoms with Crippen molar-refractivity contribution < 1.29 is 71.3 Å². The highest BCUT2D eigenvalue weighted by Crippen LogP contribution is 2.19. The van der Waals surface area contributed by atoms with Gasteiger partial charge in [0.1, 0.15) is 22.4 Å². The van der Waals surface area contributed by atoms with Gasteiger partial charge < -0.3 is 58.4 Å². The van der Waals surface area contributed by atoms with Gasteiger partial charge in [0, 0.05) is 65.5 Å². The summed E-state index contributed by atoms with van der Waals surface area (Å²) < 4.78 is 55.5. The highest BCUT2D eigenvalue weighted by molar-refractivity contribution is 5.81. The third kappa shape index (κ3) is 37.1. The highest BCUT2D eigenvalue weighted by Gasteiger charge is 2.31. The van der Waals surface area contributed by atoms with E-state index in [1.54, 1.807) is 7.11 Å². The maximum atomic E-state index is 13.7. The van der Waals surface area contributed by atoms with Crippen LogP contribution < -0.4 is 11.1 Å². The van der Waals surface area contributed by atoms with E-state index in [-0.39, 0.29) is 50.1 Å². The number of aryl methyl sites for hydroxylation is 1. The van der Waals surface area contributed by atoms with Crippen molar-refractivity contribution in [2.75, 3.05) is 158 Å². The number of rotatable bonds is 33. The molecule has 3 N–H and O–H groups in total. The number of carbonyl (C=O) groups excluding carboxylic acids is 5. The van der Waals surface area contributed by atoms with Crippen molar-refractivity contribution in [2.45, 2.75) is 143 Å². The van der Waals surface area contributed by atoms with Crippen molar-refractivity contribution >= 4 is 29.8 Å². The number of benzene rings is 1. The lowest BCUT2D eigenvalue weighted by Crippen LogP contribution is -2.54. The summed E-state index contributed by atoms with van der Waals surface area (Å²) >= 11 is 0. The van der Waals surface area contributed by atoms with E-state index >= 15 is 0 Å². The van der Waals surface area contributed by atoms with Gasteiger partial charge in [-0.1, -0.05) is 24.3 Å². The quantitative estimate of drug-likeness (QED) is 0.0581. The Morgan fingerprint density at radius 2 is 0.872 bits per heavy atom. The number of ether oxygens (including phenoxy) is 10. The van der Waals surface area contributed by atoms with Crippen molar-refractivity contribution in [1.82, 2.24) is 24.9 Å². The number of esters is 4. The molecular weight excluding hydrogens is 1010 g/mol. The zero-order valence-corrected chi connectivity index (χ0v) is 50.0. The average Bonchev–Trinajstić information content (AvgIpc) is 3.30. The summed E-state index contributed by atoms with van der Waals surface area (Å²) in [7, 11) is 1.63. The Bertz CT molecular complexity index is 1850. The fraction of sp³-hybridized carbons (Fsp3) is 0.807. The Morgan fingerprint density at radius 3 is 1.29 bits per heavy atom. The normalized spacial score (nSPS) is 16.7. The fourth-order valence-corrected chi connectivity index (χ4v) is 8.09. The molecule has 2 rings (SSSR count). The number of nitrogens with one attached hydrogen (secondary N) is 1. The lowest BCUT2D eigenvalue weighted by atomic mass is 9.99. The van der Waals surface area contributed by atoms with Crippen molar-refractivity contribution in [1.29, 1.82) is 0 Å². The van der Waals surface area contributed by atoms with Gasteiger partial charge in [0.15, 0.2) is 0 Å². The van der Waals surface area contributed by atoms with E-state index in [2.05, 4.69) is 34.5 Å². The van der Waals surface area contributed by atoms with Gasteiger partial charge in [-0.05, 0) is 120 Å². The second-order valence-electron chi connectivity index (χ2n) is 23.6. The number of carbonyl (C=O) groups is 5. The van der Waals surface area contributed by atoms with E-state index in [4.69, 9.17) is 53.1 Å². The fourth-order valence-electron chi connectivity index (χ4n) is 8.09. The van der Waals surface area contributed by atoms with Crippen LogP contribution in [-0.2, 0) is 84.2 Å². The first kappa shape index (κ1) is 70.2. The van der Waals surface area contributed by atoms with Gasteiger partial charge in [-0.3, -0.25) is 43.6 Å². The van der Waals surface area contributed by atoms with Gasteiger partial charge in [-0.25, -0.2) is 0 Å². The summed E-state index contributed by atoms with van der Waals surface area (Å²) in [6.45, 7) is 30.0. The Balaban J connectivity index is 2.14. The van der Waals surface area contributed by atoms with Crippen LogP contribution in [0.15, 0.2) is 24.3 Å². The maximum Gasteiger partial charge on any atom is 0.320 e. The number of nitrogens with two attached hydrogens (primary N) is 1. The van der Waals surface area contributed by atoms with Crippen molar-refractivity contribution in [3.05, 3.63) is 35.4 Å².